The molecule has 2 fully saturated rings. The minimum Gasteiger partial charge on any atom is -0.391 e. The minimum absolute atomic E-state index is 0.101. The van der Waals surface area contributed by atoms with Gasteiger partial charge in [0.15, 0.2) is 0 Å². The first-order valence-electron chi connectivity index (χ1n) is 7.73. The summed E-state index contributed by atoms with van der Waals surface area (Å²) in [7, 11) is 0. The van der Waals surface area contributed by atoms with Crippen LogP contribution in [0.4, 0.5) is 0 Å². The Labute approximate surface area is 113 Å². The van der Waals surface area contributed by atoms with E-state index >= 15 is 0 Å². The summed E-state index contributed by atoms with van der Waals surface area (Å²) in [5, 5.41) is 10.4. The van der Waals surface area contributed by atoms with E-state index < -0.39 is 0 Å². The summed E-state index contributed by atoms with van der Waals surface area (Å²) in [6.45, 7) is 12.9. The highest BCUT2D eigenvalue weighted by Crippen LogP contribution is 2.41. The Morgan fingerprint density at radius 2 is 1.72 bits per heavy atom. The maximum atomic E-state index is 10.4. The third-order valence-corrected chi connectivity index (χ3v) is 5.26. The molecule has 1 heterocycles. The van der Waals surface area contributed by atoms with E-state index in [4.69, 9.17) is 0 Å². The van der Waals surface area contributed by atoms with Gasteiger partial charge in [-0.2, -0.15) is 0 Å². The topological polar surface area (TPSA) is 23.5 Å². The van der Waals surface area contributed by atoms with Crippen LogP contribution in [0.15, 0.2) is 0 Å². The zero-order valence-corrected chi connectivity index (χ0v) is 12.8. The lowest BCUT2D eigenvalue weighted by atomic mass is 9.70. The van der Waals surface area contributed by atoms with Crippen LogP contribution < -0.4 is 0 Å². The Balaban J connectivity index is 2.06. The number of aliphatic hydroxyl groups excluding tert-OH is 1. The van der Waals surface area contributed by atoms with Crippen molar-refractivity contribution in [2.45, 2.75) is 78.5 Å². The van der Waals surface area contributed by atoms with Gasteiger partial charge in [0.25, 0.3) is 0 Å². The standard InChI is InChI=1S/C16H31NO/c1-11-8-12(2)17(10-11)14-9-13(16(3,4)5)6-7-15(14)18/h11-15,18H,6-10H2,1-5H3. The molecule has 2 heteroatoms. The summed E-state index contributed by atoms with van der Waals surface area (Å²) in [4.78, 5) is 2.59. The summed E-state index contributed by atoms with van der Waals surface area (Å²) in [6.07, 6.45) is 4.56. The van der Waals surface area contributed by atoms with E-state index in [0.717, 1.165) is 18.3 Å². The van der Waals surface area contributed by atoms with Crippen LogP contribution in [0.25, 0.3) is 0 Å². The van der Waals surface area contributed by atoms with Crippen molar-refractivity contribution in [1.29, 1.82) is 0 Å². The number of aliphatic hydroxyl groups is 1. The number of likely N-dealkylation sites (tertiary alicyclic amines) is 1. The van der Waals surface area contributed by atoms with Crippen LogP contribution in [0, 0.1) is 17.3 Å². The second-order valence-corrected chi connectivity index (χ2v) is 7.90. The Morgan fingerprint density at radius 3 is 2.22 bits per heavy atom. The molecule has 1 aliphatic heterocycles. The molecule has 0 bridgehead atoms. The Bertz CT molecular complexity index is 283. The predicted molar refractivity (Wildman–Crippen MR) is 76.5 cm³/mol. The molecule has 2 aliphatic rings. The van der Waals surface area contributed by atoms with Gasteiger partial charge in [0, 0.05) is 18.6 Å². The number of nitrogens with zero attached hydrogens (tertiary/aromatic N) is 1. The lowest BCUT2D eigenvalue weighted by Crippen LogP contribution is -2.50. The van der Waals surface area contributed by atoms with Gasteiger partial charge in [-0.3, -0.25) is 4.90 Å². The van der Waals surface area contributed by atoms with Crippen LogP contribution in [-0.2, 0) is 0 Å². The molecule has 0 spiro atoms. The van der Waals surface area contributed by atoms with Crippen molar-refractivity contribution >= 4 is 0 Å². The summed E-state index contributed by atoms with van der Waals surface area (Å²) >= 11 is 0. The molecule has 5 atom stereocenters. The van der Waals surface area contributed by atoms with Gasteiger partial charge in [0.2, 0.25) is 0 Å². The molecule has 0 aromatic heterocycles. The number of hydrogen-bond donors (Lipinski definition) is 1. The molecule has 1 N–H and O–H groups in total. The zero-order chi connectivity index (χ0) is 13.5. The van der Waals surface area contributed by atoms with Gasteiger partial charge in [0.1, 0.15) is 0 Å². The van der Waals surface area contributed by atoms with Gasteiger partial charge < -0.3 is 5.11 Å². The highest BCUT2D eigenvalue weighted by Gasteiger charge is 2.41. The van der Waals surface area contributed by atoms with Gasteiger partial charge >= 0.3 is 0 Å². The second kappa shape index (κ2) is 5.13. The smallest absolute Gasteiger partial charge is 0.0695 e. The first kappa shape index (κ1) is 14.3. The summed E-state index contributed by atoms with van der Waals surface area (Å²) in [5.74, 6) is 1.55. The van der Waals surface area contributed by atoms with Crippen molar-refractivity contribution in [1.82, 2.24) is 4.90 Å². The second-order valence-electron chi connectivity index (χ2n) is 7.90. The average molecular weight is 253 g/mol. The van der Waals surface area contributed by atoms with Crippen molar-refractivity contribution in [3.8, 4) is 0 Å². The summed E-state index contributed by atoms with van der Waals surface area (Å²) in [5.41, 5.74) is 0.382. The van der Waals surface area contributed by atoms with Crippen molar-refractivity contribution in [2.75, 3.05) is 6.54 Å². The van der Waals surface area contributed by atoms with Crippen LogP contribution >= 0.6 is 0 Å². The molecule has 1 aliphatic carbocycles. The van der Waals surface area contributed by atoms with Crippen molar-refractivity contribution in [3.63, 3.8) is 0 Å². The maximum Gasteiger partial charge on any atom is 0.0695 e. The van der Waals surface area contributed by atoms with E-state index in [0.29, 0.717) is 17.5 Å². The SMILES string of the molecule is CC1CC(C)N(C2CC(C(C)(C)C)CCC2O)C1. The van der Waals surface area contributed by atoms with Gasteiger partial charge in [0.05, 0.1) is 6.10 Å². The lowest BCUT2D eigenvalue weighted by Gasteiger charge is -2.44. The quantitative estimate of drug-likeness (QED) is 0.775. The fourth-order valence-corrected chi connectivity index (χ4v) is 4.07. The minimum atomic E-state index is -0.101. The summed E-state index contributed by atoms with van der Waals surface area (Å²) < 4.78 is 0. The summed E-state index contributed by atoms with van der Waals surface area (Å²) in [6, 6.07) is 1.06. The van der Waals surface area contributed by atoms with E-state index in [9.17, 15) is 5.11 Å². The van der Waals surface area contributed by atoms with Crippen molar-refractivity contribution in [2.24, 2.45) is 17.3 Å². The molecule has 0 radical (unpaired) electrons. The van der Waals surface area contributed by atoms with E-state index in [1.54, 1.807) is 0 Å². The number of hydrogen-bond acceptors (Lipinski definition) is 2. The molecule has 0 amide bonds. The first-order valence-corrected chi connectivity index (χ1v) is 7.73. The molecular weight excluding hydrogens is 222 g/mol. The van der Waals surface area contributed by atoms with Gasteiger partial charge in [-0.05, 0) is 49.9 Å². The fraction of sp³-hybridized carbons (Fsp3) is 1.00. The Kier molecular flexibility index (Phi) is 4.08. The molecule has 2 rings (SSSR count). The maximum absolute atomic E-state index is 10.4. The lowest BCUT2D eigenvalue weighted by molar-refractivity contribution is -0.0204. The molecule has 0 aromatic rings. The van der Waals surface area contributed by atoms with Crippen LogP contribution in [0.3, 0.4) is 0 Å². The number of rotatable bonds is 1. The molecule has 1 saturated carbocycles. The van der Waals surface area contributed by atoms with Crippen LogP contribution in [-0.4, -0.2) is 34.7 Å². The first-order chi connectivity index (χ1) is 8.29. The third kappa shape index (κ3) is 2.91. The third-order valence-electron chi connectivity index (χ3n) is 5.26. The molecule has 2 nitrogen and oxygen atoms in total. The van der Waals surface area contributed by atoms with E-state index in [-0.39, 0.29) is 6.10 Å². The molecule has 18 heavy (non-hydrogen) atoms. The van der Waals surface area contributed by atoms with Crippen LogP contribution in [0.2, 0.25) is 0 Å². The Morgan fingerprint density at radius 1 is 1.06 bits per heavy atom. The van der Waals surface area contributed by atoms with E-state index in [1.807, 2.05) is 0 Å². The highest BCUT2D eigenvalue weighted by molar-refractivity contribution is 4.95. The van der Waals surface area contributed by atoms with Crippen LogP contribution in [0.5, 0.6) is 0 Å². The monoisotopic (exact) mass is 253 g/mol. The van der Waals surface area contributed by atoms with Crippen molar-refractivity contribution in [3.05, 3.63) is 0 Å². The van der Waals surface area contributed by atoms with Gasteiger partial charge in [-0.25, -0.2) is 0 Å². The largest absolute Gasteiger partial charge is 0.391 e. The molecule has 0 aromatic carbocycles. The van der Waals surface area contributed by atoms with Crippen molar-refractivity contribution < 1.29 is 5.11 Å². The molecule has 5 unspecified atom stereocenters. The normalized spacial score (nSPS) is 43.3. The molecule has 106 valence electrons. The molecule has 1 saturated heterocycles. The van der Waals surface area contributed by atoms with E-state index in [2.05, 4.69) is 39.5 Å². The van der Waals surface area contributed by atoms with Gasteiger partial charge in [-0.1, -0.05) is 27.7 Å². The molecular formula is C16H31NO. The van der Waals surface area contributed by atoms with Crippen LogP contribution in [0.1, 0.15) is 60.3 Å². The predicted octanol–water partition coefficient (Wildman–Crippen LogP) is 3.29. The fourth-order valence-electron chi connectivity index (χ4n) is 4.07. The zero-order valence-electron chi connectivity index (χ0n) is 12.8. The highest BCUT2D eigenvalue weighted by atomic mass is 16.3. The Hall–Kier alpha value is -0.0800. The van der Waals surface area contributed by atoms with E-state index in [1.165, 1.54) is 25.8 Å². The van der Waals surface area contributed by atoms with Gasteiger partial charge in [-0.15, -0.1) is 0 Å². The average Bonchev–Trinajstić information content (AvgIpc) is 2.56.